The van der Waals surface area contributed by atoms with Gasteiger partial charge in [0.2, 0.25) is 0 Å². The number of hydrogen-bond acceptors (Lipinski definition) is 4. The molecule has 0 aliphatic rings. The molecular weight excluding hydrogens is 250 g/mol. The zero-order chi connectivity index (χ0) is 14.5. The van der Waals surface area contributed by atoms with E-state index >= 15 is 0 Å². The van der Waals surface area contributed by atoms with Gasteiger partial charge in [0.25, 0.3) is 0 Å². The van der Waals surface area contributed by atoms with Crippen molar-refractivity contribution in [2.24, 2.45) is 0 Å². The van der Waals surface area contributed by atoms with Crippen LogP contribution in [0.25, 0.3) is 0 Å². The van der Waals surface area contributed by atoms with Crippen LogP contribution in [0, 0.1) is 11.3 Å². The molecule has 2 rings (SSSR count). The normalized spacial score (nSPS) is 9.65. The third-order valence-corrected chi connectivity index (χ3v) is 2.95. The minimum absolute atomic E-state index is 0.516. The van der Waals surface area contributed by atoms with Crippen molar-refractivity contribution in [1.82, 2.24) is 0 Å². The van der Waals surface area contributed by atoms with E-state index in [1.807, 2.05) is 43.3 Å². The van der Waals surface area contributed by atoms with Gasteiger partial charge in [-0.25, -0.2) is 0 Å². The maximum Gasteiger partial charge on any atom is 0.152 e. The fourth-order valence-corrected chi connectivity index (χ4v) is 1.85. The van der Waals surface area contributed by atoms with Crippen LogP contribution in [-0.4, -0.2) is 20.4 Å². The molecule has 0 spiro atoms. The quantitative estimate of drug-likeness (QED) is 0.863. The molecule has 20 heavy (non-hydrogen) atoms. The van der Waals surface area contributed by atoms with Gasteiger partial charge in [-0.15, -0.1) is 0 Å². The van der Waals surface area contributed by atoms with Crippen molar-refractivity contribution in [2.45, 2.75) is 0 Å². The van der Waals surface area contributed by atoms with E-state index in [0.717, 1.165) is 17.7 Å². The van der Waals surface area contributed by atoms with Gasteiger partial charge in [0, 0.05) is 31.0 Å². The molecule has 1 N–H and O–H groups in total. The Morgan fingerprint density at radius 2 is 2.00 bits per heavy atom. The van der Waals surface area contributed by atoms with Gasteiger partial charge in [-0.1, -0.05) is 6.07 Å². The summed E-state index contributed by atoms with van der Waals surface area (Å²) in [5, 5.41) is 12.1. The topological polar surface area (TPSA) is 56.1 Å². The molecular formula is C16H15N3O. The molecule has 0 aliphatic carbocycles. The van der Waals surface area contributed by atoms with Crippen molar-refractivity contribution in [1.29, 1.82) is 5.26 Å². The Bertz CT molecular complexity index is 672. The summed E-state index contributed by atoms with van der Waals surface area (Å²) in [6, 6.07) is 14.8. The molecule has 0 bridgehead atoms. The van der Waals surface area contributed by atoms with Crippen molar-refractivity contribution < 1.29 is 4.79 Å². The highest BCUT2D eigenvalue weighted by Gasteiger charge is 2.05. The third kappa shape index (κ3) is 2.96. The highest BCUT2D eigenvalue weighted by Crippen LogP contribution is 2.24. The smallest absolute Gasteiger partial charge is 0.152 e. The monoisotopic (exact) mass is 265 g/mol. The Hall–Kier alpha value is -2.80. The largest absolute Gasteiger partial charge is 0.378 e. The molecule has 0 aromatic heterocycles. The Kier molecular flexibility index (Phi) is 4.02. The first-order valence-electron chi connectivity index (χ1n) is 6.18. The lowest BCUT2D eigenvalue weighted by molar-refractivity contribution is 0.112. The van der Waals surface area contributed by atoms with Crippen LogP contribution >= 0.6 is 0 Å². The summed E-state index contributed by atoms with van der Waals surface area (Å²) in [5.41, 5.74) is 3.60. The second-order valence-corrected chi connectivity index (χ2v) is 4.60. The maximum atomic E-state index is 11.1. The van der Waals surface area contributed by atoms with Gasteiger partial charge in [0.05, 0.1) is 17.3 Å². The zero-order valence-corrected chi connectivity index (χ0v) is 11.4. The van der Waals surface area contributed by atoms with Gasteiger partial charge in [0.1, 0.15) is 0 Å². The van der Waals surface area contributed by atoms with Crippen LogP contribution in [0.3, 0.4) is 0 Å². The van der Waals surface area contributed by atoms with Gasteiger partial charge >= 0.3 is 0 Å². The van der Waals surface area contributed by atoms with Crippen LogP contribution in [-0.2, 0) is 0 Å². The predicted molar refractivity (Wildman–Crippen MR) is 80.6 cm³/mol. The van der Waals surface area contributed by atoms with Gasteiger partial charge in [-0.2, -0.15) is 5.26 Å². The second kappa shape index (κ2) is 5.89. The molecule has 0 amide bonds. The first-order valence-corrected chi connectivity index (χ1v) is 6.18. The number of carbonyl (C=O) groups excluding carboxylic acids is 1. The molecule has 0 fully saturated rings. The van der Waals surface area contributed by atoms with Crippen LogP contribution in [0.1, 0.15) is 15.9 Å². The van der Waals surface area contributed by atoms with Gasteiger partial charge < -0.3 is 10.2 Å². The number of nitrogens with zero attached hydrogens (tertiary/aromatic N) is 2. The number of hydrogen-bond donors (Lipinski definition) is 1. The van der Waals surface area contributed by atoms with E-state index in [1.54, 1.807) is 18.2 Å². The fourth-order valence-electron chi connectivity index (χ4n) is 1.85. The minimum atomic E-state index is 0.516. The van der Waals surface area contributed by atoms with Crippen LogP contribution in [0.2, 0.25) is 0 Å². The number of carbonyl (C=O) groups is 1. The lowest BCUT2D eigenvalue weighted by Crippen LogP contribution is -2.08. The SMILES string of the molecule is CN(C)c1cccc(Nc2cc(C#N)ccc2C=O)c1. The molecule has 0 unspecified atom stereocenters. The van der Waals surface area contributed by atoms with E-state index in [9.17, 15) is 4.79 Å². The average molecular weight is 265 g/mol. The molecule has 0 radical (unpaired) electrons. The van der Waals surface area contributed by atoms with Crippen molar-refractivity contribution in [3.05, 3.63) is 53.6 Å². The fraction of sp³-hybridized carbons (Fsp3) is 0.125. The molecule has 0 heterocycles. The number of aldehydes is 1. The number of rotatable bonds is 4. The molecule has 0 aliphatic heterocycles. The summed E-state index contributed by atoms with van der Waals surface area (Å²) in [7, 11) is 3.93. The van der Waals surface area contributed by atoms with Crippen LogP contribution in [0.15, 0.2) is 42.5 Å². The Morgan fingerprint density at radius 3 is 2.65 bits per heavy atom. The number of anilines is 3. The van der Waals surface area contributed by atoms with E-state index in [2.05, 4.69) is 11.4 Å². The number of nitriles is 1. The van der Waals surface area contributed by atoms with Gasteiger partial charge in [0.15, 0.2) is 6.29 Å². The third-order valence-electron chi connectivity index (χ3n) is 2.95. The van der Waals surface area contributed by atoms with Crippen molar-refractivity contribution in [3.8, 4) is 6.07 Å². The number of nitrogens with one attached hydrogen (secondary N) is 1. The Balaban J connectivity index is 2.36. The lowest BCUT2D eigenvalue weighted by Gasteiger charge is -2.15. The highest BCUT2D eigenvalue weighted by atomic mass is 16.1. The second-order valence-electron chi connectivity index (χ2n) is 4.60. The Labute approximate surface area is 118 Å². The predicted octanol–water partition coefficient (Wildman–Crippen LogP) is 3.18. The Morgan fingerprint density at radius 1 is 1.20 bits per heavy atom. The zero-order valence-electron chi connectivity index (χ0n) is 11.4. The first kappa shape index (κ1) is 13.6. The van der Waals surface area contributed by atoms with E-state index in [-0.39, 0.29) is 0 Å². The van der Waals surface area contributed by atoms with E-state index in [0.29, 0.717) is 16.8 Å². The highest BCUT2D eigenvalue weighted by molar-refractivity contribution is 5.86. The summed E-state index contributed by atoms with van der Waals surface area (Å²) in [4.78, 5) is 13.1. The van der Waals surface area contributed by atoms with E-state index in [4.69, 9.17) is 5.26 Å². The molecule has 4 nitrogen and oxygen atoms in total. The van der Waals surface area contributed by atoms with Crippen molar-refractivity contribution in [2.75, 3.05) is 24.3 Å². The standard InChI is InChI=1S/C16H15N3O/c1-19(2)15-5-3-4-14(9-15)18-16-8-12(10-17)6-7-13(16)11-20/h3-9,11,18H,1-2H3. The molecule has 2 aromatic carbocycles. The summed E-state index contributed by atoms with van der Waals surface area (Å²) in [5.74, 6) is 0. The molecule has 4 heteroatoms. The summed E-state index contributed by atoms with van der Waals surface area (Å²) < 4.78 is 0. The summed E-state index contributed by atoms with van der Waals surface area (Å²) in [6.45, 7) is 0. The molecule has 0 saturated carbocycles. The summed E-state index contributed by atoms with van der Waals surface area (Å²) in [6.07, 6.45) is 0.777. The molecule has 100 valence electrons. The van der Waals surface area contributed by atoms with E-state index < -0.39 is 0 Å². The number of benzene rings is 2. The van der Waals surface area contributed by atoms with Gasteiger partial charge in [-0.3, -0.25) is 4.79 Å². The average Bonchev–Trinajstić information content (AvgIpc) is 2.47. The van der Waals surface area contributed by atoms with Crippen LogP contribution in [0.5, 0.6) is 0 Å². The lowest BCUT2D eigenvalue weighted by atomic mass is 10.1. The minimum Gasteiger partial charge on any atom is -0.378 e. The summed E-state index contributed by atoms with van der Waals surface area (Å²) >= 11 is 0. The van der Waals surface area contributed by atoms with Crippen molar-refractivity contribution >= 4 is 23.3 Å². The first-order chi connectivity index (χ1) is 9.63. The van der Waals surface area contributed by atoms with Crippen molar-refractivity contribution in [3.63, 3.8) is 0 Å². The molecule has 0 atom stereocenters. The van der Waals surface area contributed by atoms with Crippen LogP contribution < -0.4 is 10.2 Å². The maximum absolute atomic E-state index is 11.1. The molecule has 0 saturated heterocycles. The van der Waals surface area contributed by atoms with E-state index in [1.165, 1.54) is 0 Å². The molecule has 2 aromatic rings. The van der Waals surface area contributed by atoms with Crippen LogP contribution in [0.4, 0.5) is 17.1 Å². The van der Waals surface area contributed by atoms with Gasteiger partial charge in [-0.05, 0) is 36.4 Å².